The molecule has 4 rings (SSSR count). The molecule has 0 aromatic heterocycles. The molecule has 51 heavy (non-hydrogen) atoms. The van der Waals surface area contributed by atoms with Crippen LogP contribution in [-0.2, 0) is 19.0 Å². The van der Waals surface area contributed by atoms with Crippen LogP contribution in [0.25, 0.3) is 0 Å². The fourth-order valence-electron chi connectivity index (χ4n) is 8.42. The molecule has 10 heteroatoms. The van der Waals surface area contributed by atoms with Gasteiger partial charge in [-0.05, 0) is 82.8 Å². The van der Waals surface area contributed by atoms with E-state index in [2.05, 4.69) is 20.0 Å². The standard InChI is InChI=1S/C41H69N2O8/c1-8-34(45)31(5)39-35(49-39)26-28(2)14-12-15-29(3)38-30(4)18-19-36(41(6,48)21-20-33(44)27-37(46)51-38)50-40(47)42-22-13-24-43(7,25-23-42)32-16-10-9-11-17-32/h12,14-15,18-19,28,30-36,38-39,44-45,48H,8-11,13,16-17,20-27H2,1-7H3/q+1/b14-12+,19-18+,29-15+/t28-,30+,31-,33-,34+,35-,36+,38-,39-,41-,43?/m1/s1. The maximum atomic E-state index is 13.7. The van der Waals surface area contributed by atoms with Crippen molar-refractivity contribution in [2.45, 2.75) is 160 Å². The highest BCUT2D eigenvalue weighted by Crippen LogP contribution is 2.37. The van der Waals surface area contributed by atoms with E-state index < -0.39 is 36.0 Å². The molecule has 3 N–H and O–H groups in total. The Morgan fingerprint density at radius 2 is 1.86 bits per heavy atom. The van der Waals surface area contributed by atoms with Crippen LogP contribution in [0.4, 0.5) is 4.79 Å². The average molecular weight is 718 g/mol. The number of carbonyl (C=O) groups excluding carboxylic acids is 2. The maximum absolute atomic E-state index is 13.7. The number of rotatable bonds is 10. The molecule has 0 aromatic rings. The number of aliphatic hydroxyl groups excluding tert-OH is 2. The van der Waals surface area contributed by atoms with Crippen molar-refractivity contribution >= 4 is 12.1 Å². The summed E-state index contributed by atoms with van der Waals surface area (Å²) in [5, 5.41) is 32.5. The quantitative estimate of drug-likeness (QED) is 0.0816. The molecule has 1 unspecified atom stereocenters. The number of nitrogens with zero attached hydrogens (tertiary/aromatic N) is 2. The summed E-state index contributed by atoms with van der Waals surface area (Å²) in [5.74, 6) is -0.433. The maximum Gasteiger partial charge on any atom is 0.410 e. The number of aliphatic hydroxyl groups is 3. The van der Waals surface area contributed by atoms with Crippen molar-refractivity contribution in [3.8, 4) is 0 Å². The highest BCUT2D eigenvalue weighted by Gasteiger charge is 2.45. The number of likely N-dealkylation sites (N-methyl/N-ethyl adjacent to an activating group) is 1. The summed E-state index contributed by atoms with van der Waals surface area (Å²) in [4.78, 5) is 28.4. The van der Waals surface area contributed by atoms with Crippen LogP contribution >= 0.6 is 0 Å². The van der Waals surface area contributed by atoms with Crippen LogP contribution < -0.4 is 0 Å². The second kappa shape index (κ2) is 18.7. The third-order valence-electron chi connectivity index (χ3n) is 12.3. The van der Waals surface area contributed by atoms with Crippen LogP contribution in [-0.4, -0.2) is 118 Å². The van der Waals surface area contributed by atoms with Gasteiger partial charge in [-0.25, -0.2) is 4.79 Å². The lowest BCUT2D eigenvalue weighted by atomic mass is 9.88. The van der Waals surface area contributed by atoms with E-state index in [0.29, 0.717) is 25.6 Å². The van der Waals surface area contributed by atoms with Crippen LogP contribution in [0.5, 0.6) is 0 Å². The van der Waals surface area contributed by atoms with Gasteiger partial charge in [0.1, 0.15) is 11.7 Å². The van der Waals surface area contributed by atoms with E-state index >= 15 is 0 Å². The molecular formula is C41H69N2O8+. The van der Waals surface area contributed by atoms with Gasteiger partial charge < -0.3 is 38.9 Å². The van der Waals surface area contributed by atoms with Gasteiger partial charge in [-0.15, -0.1) is 0 Å². The number of carbonyl (C=O) groups is 2. The molecule has 2 saturated heterocycles. The van der Waals surface area contributed by atoms with Crippen molar-refractivity contribution in [3.05, 3.63) is 36.0 Å². The number of epoxide rings is 1. The monoisotopic (exact) mass is 718 g/mol. The number of amides is 1. The molecule has 290 valence electrons. The number of ether oxygens (including phenoxy) is 3. The first-order valence-corrected chi connectivity index (χ1v) is 19.9. The SMILES string of the molecule is CC[C@H](O)[C@@H](C)[C@H]1O[C@@H]1C[C@H](C)/C=C/C=C(\C)[C@H]1OC(=O)C[C@H](O)CC[C@@](C)(O)[C@@H](OC(=O)N2CCC[N+](C)(C3CCCCC3)CC2)/C=C/[C@@H]1C. The minimum absolute atomic E-state index is 0.0984. The number of hydrogen-bond donors (Lipinski definition) is 3. The molecule has 0 aromatic carbocycles. The Bertz CT molecular complexity index is 1230. The lowest BCUT2D eigenvalue weighted by Gasteiger charge is -2.42. The Morgan fingerprint density at radius 1 is 1.14 bits per heavy atom. The highest BCUT2D eigenvalue weighted by atomic mass is 16.6. The molecule has 3 heterocycles. The Labute approximate surface area is 307 Å². The minimum atomic E-state index is -1.45. The molecule has 0 bridgehead atoms. The molecule has 3 fully saturated rings. The van der Waals surface area contributed by atoms with Gasteiger partial charge in [-0.3, -0.25) is 4.79 Å². The topological polar surface area (TPSA) is 129 Å². The van der Waals surface area contributed by atoms with Crippen molar-refractivity contribution < 1.29 is 43.6 Å². The van der Waals surface area contributed by atoms with E-state index in [1.165, 1.54) is 32.1 Å². The number of quaternary nitrogens is 1. The lowest BCUT2D eigenvalue weighted by Crippen LogP contribution is -2.55. The van der Waals surface area contributed by atoms with Crippen LogP contribution in [0.15, 0.2) is 36.0 Å². The summed E-state index contributed by atoms with van der Waals surface area (Å²) < 4.78 is 18.9. The van der Waals surface area contributed by atoms with Crippen LogP contribution in [0.1, 0.15) is 112 Å². The molecule has 1 saturated carbocycles. The molecule has 3 aliphatic heterocycles. The fraction of sp³-hybridized carbons (Fsp3) is 0.805. The van der Waals surface area contributed by atoms with Crippen molar-refractivity contribution in [2.24, 2.45) is 17.8 Å². The van der Waals surface area contributed by atoms with E-state index in [-0.39, 0.29) is 55.3 Å². The van der Waals surface area contributed by atoms with Gasteiger partial charge in [0.15, 0.2) is 6.10 Å². The molecule has 11 atom stereocenters. The smallest absolute Gasteiger partial charge is 0.410 e. The van der Waals surface area contributed by atoms with Crippen molar-refractivity contribution in [2.75, 3.05) is 33.2 Å². The van der Waals surface area contributed by atoms with E-state index in [1.807, 2.05) is 45.9 Å². The van der Waals surface area contributed by atoms with Gasteiger partial charge >= 0.3 is 12.1 Å². The van der Waals surface area contributed by atoms with Crippen molar-refractivity contribution in [3.63, 3.8) is 0 Å². The van der Waals surface area contributed by atoms with Gasteiger partial charge in [0.25, 0.3) is 0 Å². The summed E-state index contributed by atoms with van der Waals surface area (Å²) in [5.41, 5.74) is -0.621. The Kier molecular flexibility index (Phi) is 15.2. The van der Waals surface area contributed by atoms with Crippen LogP contribution in [0, 0.1) is 17.8 Å². The van der Waals surface area contributed by atoms with Crippen molar-refractivity contribution in [1.82, 2.24) is 4.90 Å². The fourth-order valence-corrected chi connectivity index (χ4v) is 8.42. The number of cyclic esters (lactones) is 1. The van der Waals surface area contributed by atoms with Gasteiger partial charge in [-0.1, -0.05) is 58.4 Å². The number of esters is 1. The summed E-state index contributed by atoms with van der Waals surface area (Å²) in [6.07, 6.45) is 15.5. The first-order valence-electron chi connectivity index (χ1n) is 19.9. The molecule has 1 amide bonds. The predicted octanol–water partition coefficient (Wildman–Crippen LogP) is 6.08. The average Bonchev–Trinajstić information content (AvgIpc) is 3.90. The van der Waals surface area contributed by atoms with E-state index in [4.69, 9.17) is 14.2 Å². The zero-order valence-electron chi connectivity index (χ0n) is 32.5. The molecular weight excluding hydrogens is 648 g/mol. The number of hydrogen-bond acceptors (Lipinski definition) is 8. The first kappa shape index (κ1) is 41.5. The molecule has 0 radical (unpaired) electrons. The third-order valence-corrected chi connectivity index (χ3v) is 12.3. The Morgan fingerprint density at radius 3 is 2.57 bits per heavy atom. The Hall–Kier alpha value is -2.24. The zero-order chi connectivity index (χ0) is 37.3. The predicted molar refractivity (Wildman–Crippen MR) is 199 cm³/mol. The highest BCUT2D eigenvalue weighted by molar-refractivity contribution is 5.70. The molecule has 0 spiro atoms. The molecule has 10 nitrogen and oxygen atoms in total. The van der Waals surface area contributed by atoms with E-state index in [1.54, 1.807) is 17.9 Å². The number of allylic oxidation sites excluding steroid dienone is 3. The third kappa shape index (κ3) is 11.9. The van der Waals surface area contributed by atoms with Crippen molar-refractivity contribution in [1.29, 1.82) is 0 Å². The second-order valence-electron chi connectivity index (χ2n) is 16.8. The van der Waals surface area contributed by atoms with Crippen LogP contribution in [0.2, 0.25) is 0 Å². The Balaban J connectivity index is 1.43. The van der Waals surface area contributed by atoms with Gasteiger partial charge in [0.05, 0.1) is 63.6 Å². The molecule has 1 aliphatic carbocycles. The molecule has 4 aliphatic rings. The lowest BCUT2D eigenvalue weighted by molar-refractivity contribution is -0.932. The van der Waals surface area contributed by atoms with Crippen LogP contribution in [0.3, 0.4) is 0 Å². The zero-order valence-corrected chi connectivity index (χ0v) is 32.5. The largest absolute Gasteiger partial charge is 0.457 e. The van der Waals surface area contributed by atoms with Gasteiger partial charge in [0.2, 0.25) is 0 Å². The summed E-state index contributed by atoms with van der Waals surface area (Å²) in [6.45, 7) is 14.8. The van der Waals surface area contributed by atoms with Gasteiger partial charge in [0, 0.05) is 24.8 Å². The van der Waals surface area contributed by atoms with E-state index in [9.17, 15) is 24.9 Å². The second-order valence-corrected chi connectivity index (χ2v) is 16.8. The van der Waals surface area contributed by atoms with Gasteiger partial charge in [-0.2, -0.15) is 0 Å². The summed E-state index contributed by atoms with van der Waals surface area (Å²) in [6, 6.07) is 0.649. The first-order chi connectivity index (χ1) is 24.1. The summed E-state index contributed by atoms with van der Waals surface area (Å²) >= 11 is 0. The summed E-state index contributed by atoms with van der Waals surface area (Å²) in [7, 11) is 2.34. The normalized spacial score (nSPS) is 37.3. The minimum Gasteiger partial charge on any atom is -0.457 e. The van der Waals surface area contributed by atoms with E-state index in [0.717, 1.165) is 36.0 Å².